The Balaban J connectivity index is 2.20. The predicted molar refractivity (Wildman–Crippen MR) is 80.1 cm³/mol. The number of hydrogen-bond donors (Lipinski definition) is 1. The van der Waals surface area contributed by atoms with Crippen molar-refractivity contribution < 1.29 is 0 Å². The number of thiazole rings is 1. The van der Waals surface area contributed by atoms with Gasteiger partial charge in [0.1, 0.15) is 0 Å². The second-order valence-electron chi connectivity index (χ2n) is 3.86. The molecule has 0 bridgehead atoms. The molecule has 0 spiro atoms. The van der Waals surface area contributed by atoms with E-state index in [2.05, 4.69) is 45.0 Å². The van der Waals surface area contributed by atoms with Crippen LogP contribution in [-0.4, -0.2) is 18.6 Å². The smallest absolute Gasteiger partial charge is 0.0976 e. The minimum atomic E-state index is 0.530. The van der Waals surface area contributed by atoms with Gasteiger partial charge in [0.15, 0.2) is 0 Å². The lowest BCUT2D eigenvalue weighted by atomic mass is 10.1. The van der Waals surface area contributed by atoms with E-state index in [1.807, 2.05) is 7.05 Å². The van der Waals surface area contributed by atoms with Crippen LogP contribution < -0.4 is 5.32 Å². The number of thiophene rings is 1. The molecule has 0 radical (unpaired) electrons. The highest BCUT2D eigenvalue weighted by Gasteiger charge is 2.14. The van der Waals surface area contributed by atoms with E-state index in [1.165, 1.54) is 9.88 Å². The summed E-state index contributed by atoms with van der Waals surface area (Å²) in [7, 11) is 1.99. The third kappa shape index (κ3) is 3.16. The highest BCUT2D eigenvalue weighted by atomic mass is 79.9. The first kappa shape index (κ1) is 13.2. The fraction of sp³-hybridized carbons (Fsp3) is 0.417. The maximum atomic E-state index is 4.75. The molecule has 0 aliphatic heterocycles. The average Bonchev–Trinajstić information content (AvgIpc) is 2.94. The number of aromatic nitrogens is 1. The van der Waals surface area contributed by atoms with Gasteiger partial charge in [-0.2, -0.15) is 0 Å². The van der Waals surface area contributed by atoms with Crippen LogP contribution in [0.5, 0.6) is 0 Å². The normalized spacial score (nSPS) is 12.9. The molecule has 92 valence electrons. The Kier molecular flexibility index (Phi) is 4.73. The van der Waals surface area contributed by atoms with Crippen LogP contribution in [0.2, 0.25) is 0 Å². The Bertz CT molecular complexity index is 478. The molecule has 2 rings (SSSR count). The van der Waals surface area contributed by atoms with Crippen LogP contribution >= 0.6 is 38.6 Å². The van der Waals surface area contributed by atoms with Gasteiger partial charge in [-0.15, -0.1) is 22.7 Å². The van der Waals surface area contributed by atoms with Crippen molar-refractivity contribution in [2.45, 2.75) is 19.3 Å². The van der Waals surface area contributed by atoms with E-state index < -0.39 is 0 Å². The summed E-state index contributed by atoms with van der Waals surface area (Å²) < 4.78 is 1.13. The number of nitrogens with zero attached hydrogens (tertiary/aromatic N) is 1. The van der Waals surface area contributed by atoms with E-state index in [4.69, 9.17) is 4.98 Å². The molecule has 0 aliphatic carbocycles. The van der Waals surface area contributed by atoms with Crippen molar-refractivity contribution >= 4 is 38.6 Å². The lowest BCUT2D eigenvalue weighted by Gasteiger charge is -2.10. The number of rotatable bonds is 5. The summed E-state index contributed by atoms with van der Waals surface area (Å²) in [5, 5.41) is 8.72. The maximum Gasteiger partial charge on any atom is 0.0976 e. The fourth-order valence-corrected chi connectivity index (χ4v) is 4.16. The van der Waals surface area contributed by atoms with Gasteiger partial charge in [-0.25, -0.2) is 4.98 Å². The summed E-state index contributed by atoms with van der Waals surface area (Å²) in [6, 6.07) is 2.13. The summed E-state index contributed by atoms with van der Waals surface area (Å²) in [5.74, 6) is 0.530. The molecule has 0 aliphatic rings. The van der Waals surface area contributed by atoms with Crippen molar-refractivity contribution in [3.63, 3.8) is 0 Å². The van der Waals surface area contributed by atoms with Crippen LogP contribution in [0.25, 0.3) is 10.6 Å². The second-order valence-corrected chi connectivity index (χ2v) is 6.58. The molecule has 0 fully saturated rings. The second kappa shape index (κ2) is 6.09. The van der Waals surface area contributed by atoms with Crippen LogP contribution in [-0.2, 0) is 0 Å². The quantitative estimate of drug-likeness (QED) is 0.881. The largest absolute Gasteiger partial charge is 0.319 e. The van der Waals surface area contributed by atoms with Crippen LogP contribution in [0, 0.1) is 0 Å². The molecule has 2 nitrogen and oxygen atoms in total. The van der Waals surface area contributed by atoms with Crippen molar-refractivity contribution in [3.8, 4) is 10.6 Å². The highest BCUT2D eigenvalue weighted by molar-refractivity contribution is 9.10. The monoisotopic (exact) mass is 330 g/mol. The van der Waals surface area contributed by atoms with Gasteiger partial charge in [0.05, 0.1) is 15.6 Å². The third-order valence-corrected chi connectivity index (χ3v) is 5.36. The van der Waals surface area contributed by atoms with E-state index >= 15 is 0 Å². The molecule has 5 heteroatoms. The van der Waals surface area contributed by atoms with Crippen molar-refractivity contribution in [2.24, 2.45) is 0 Å². The summed E-state index contributed by atoms with van der Waals surface area (Å²) in [5.41, 5.74) is 1.11. The lowest BCUT2D eigenvalue weighted by Crippen LogP contribution is -2.16. The standard InChI is InChI=1S/C12H15BrN2S2/c1-3-8(5-14-2)12-15-10(7-17-12)11-4-9(13)6-16-11/h4,6-8,14H,3,5H2,1-2H3. The van der Waals surface area contributed by atoms with E-state index in [1.54, 1.807) is 22.7 Å². The maximum absolute atomic E-state index is 4.75. The summed E-state index contributed by atoms with van der Waals surface area (Å²) in [6.45, 7) is 3.21. The van der Waals surface area contributed by atoms with Crippen LogP contribution in [0.3, 0.4) is 0 Å². The van der Waals surface area contributed by atoms with Crippen molar-refractivity contribution in [3.05, 3.63) is 26.3 Å². The van der Waals surface area contributed by atoms with Crippen molar-refractivity contribution in [1.82, 2.24) is 10.3 Å². The van der Waals surface area contributed by atoms with Crippen molar-refractivity contribution in [1.29, 1.82) is 0 Å². The molecule has 1 unspecified atom stereocenters. The Hall–Kier alpha value is -0.230. The van der Waals surface area contributed by atoms with Gasteiger partial charge in [0.2, 0.25) is 0 Å². The molecule has 1 N–H and O–H groups in total. The van der Waals surface area contributed by atoms with Crippen LogP contribution in [0.15, 0.2) is 21.3 Å². The minimum absolute atomic E-state index is 0.530. The zero-order chi connectivity index (χ0) is 12.3. The van der Waals surface area contributed by atoms with Crippen LogP contribution in [0.4, 0.5) is 0 Å². The van der Waals surface area contributed by atoms with Gasteiger partial charge >= 0.3 is 0 Å². The number of halogens is 1. The van der Waals surface area contributed by atoms with Crippen molar-refractivity contribution in [2.75, 3.05) is 13.6 Å². The molecule has 17 heavy (non-hydrogen) atoms. The van der Waals surface area contributed by atoms with Gasteiger partial charge in [0, 0.05) is 27.7 Å². The molecule has 2 aromatic heterocycles. The van der Waals surface area contributed by atoms with E-state index in [9.17, 15) is 0 Å². The van der Waals surface area contributed by atoms with Gasteiger partial charge in [-0.05, 0) is 35.5 Å². The van der Waals surface area contributed by atoms with Gasteiger partial charge < -0.3 is 5.32 Å². The molecular weight excluding hydrogens is 316 g/mol. The topological polar surface area (TPSA) is 24.9 Å². The zero-order valence-electron chi connectivity index (χ0n) is 9.87. The molecule has 1 atom stereocenters. The third-order valence-electron chi connectivity index (χ3n) is 2.63. The molecule has 2 aromatic rings. The first-order valence-corrected chi connectivity index (χ1v) is 8.14. The SMILES string of the molecule is CCC(CNC)c1nc(-c2cc(Br)cs2)cs1. The first-order valence-electron chi connectivity index (χ1n) is 5.59. The molecular formula is C12H15BrN2S2. The fourth-order valence-electron chi connectivity index (χ4n) is 1.69. The predicted octanol–water partition coefficient (Wildman–Crippen LogP) is 4.35. The van der Waals surface area contributed by atoms with E-state index in [0.29, 0.717) is 5.92 Å². The number of hydrogen-bond acceptors (Lipinski definition) is 4. The molecule has 2 heterocycles. The van der Waals surface area contributed by atoms with Gasteiger partial charge in [-0.3, -0.25) is 0 Å². The Morgan fingerprint density at radius 3 is 2.82 bits per heavy atom. The summed E-state index contributed by atoms with van der Waals surface area (Å²) in [6.07, 6.45) is 1.13. The Morgan fingerprint density at radius 1 is 1.41 bits per heavy atom. The Labute approximate surface area is 118 Å². The van der Waals surface area contributed by atoms with Gasteiger partial charge in [-0.1, -0.05) is 6.92 Å². The van der Waals surface area contributed by atoms with E-state index in [0.717, 1.165) is 23.1 Å². The summed E-state index contributed by atoms with van der Waals surface area (Å²) in [4.78, 5) is 5.99. The molecule has 0 aromatic carbocycles. The van der Waals surface area contributed by atoms with Crippen LogP contribution in [0.1, 0.15) is 24.3 Å². The lowest BCUT2D eigenvalue weighted by molar-refractivity contribution is 0.609. The number of nitrogens with one attached hydrogen (secondary N) is 1. The average molecular weight is 331 g/mol. The highest BCUT2D eigenvalue weighted by Crippen LogP contribution is 2.32. The first-order chi connectivity index (χ1) is 8.24. The molecule has 0 amide bonds. The minimum Gasteiger partial charge on any atom is -0.319 e. The molecule has 0 saturated heterocycles. The van der Waals surface area contributed by atoms with E-state index in [-0.39, 0.29) is 0 Å². The molecule has 0 saturated carbocycles. The number of likely N-dealkylation sites (N-methyl/N-ethyl adjacent to an activating group) is 1. The Morgan fingerprint density at radius 2 is 2.24 bits per heavy atom. The van der Waals surface area contributed by atoms with Gasteiger partial charge in [0.25, 0.3) is 0 Å². The zero-order valence-corrected chi connectivity index (χ0v) is 13.1. The summed E-state index contributed by atoms with van der Waals surface area (Å²) >= 11 is 6.98.